The topological polar surface area (TPSA) is 45.2 Å². The van der Waals surface area contributed by atoms with E-state index in [1.54, 1.807) is 0 Å². The average Bonchev–Trinajstić information content (AvgIpc) is 2.64. The molecule has 0 saturated heterocycles. The van der Waals surface area contributed by atoms with E-state index in [0.29, 0.717) is 6.54 Å². The fourth-order valence-corrected chi connectivity index (χ4v) is 2.65. The van der Waals surface area contributed by atoms with Gasteiger partial charge in [-0.3, -0.25) is 4.98 Å². The van der Waals surface area contributed by atoms with Crippen LogP contribution >= 0.6 is 0 Å². The van der Waals surface area contributed by atoms with Gasteiger partial charge in [0.25, 0.3) is 0 Å². The fraction of sp³-hybridized carbons (Fsp3) is 0.524. The van der Waals surface area contributed by atoms with Crippen molar-refractivity contribution >= 4 is 6.03 Å². The summed E-state index contributed by atoms with van der Waals surface area (Å²) in [5.74, 6) is 0. The SMILES string of the molecule is C=CCCCCN(CCCCC=C)C(=O)NCCCc1ccncc1. The quantitative estimate of drug-likeness (QED) is 0.392. The van der Waals surface area contributed by atoms with E-state index >= 15 is 0 Å². The van der Waals surface area contributed by atoms with Gasteiger partial charge < -0.3 is 10.2 Å². The largest absolute Gasteiger partial charge is 0.338 e. The van der Waals surface area contributed by atoms with Gasteiger partial charge in [0.15, 0.2) is 0 Å². The first-order valence-corrected chi connectivity index (χ1v) is 9.41. The molecule has 0 spiro atoms. The van der Waals surface area contributed by atoms with Crippen LogP contribution in [0.4, 0.5) is 4.79 Å². The van der Waals surface area contributed by atoms with Crippen molar-refractivity contribution in [3.8, 4) is 0 Å². The summed E-state index contributed by atoms with van der Waals surface area (Å²) >= 11 is 0. The Balaban J connectivity index is 2.30. The van der Waals surface area contributed by atoms with E-state index in [9.17, 15) is 4.79 Å². The van der Waals surface area contributed by atoms with E-state index in [2.05, 4.69) is 23.5 Å². The molecule has 1 heterocycles. The van der Waals surface area contributed by atoms with Crippen LogP contribution in [0.25, 0.3) is 0 Å². The number of carbonyl (C=O) groups is 1. The van der Waals surface area contributed by atoms with E-state index in [1.807, 2.05) is 41.6 Å². The molecule has 4 heteroatoms. The lowest BCUT2D eigenvalue weighted by atomic mass is 10.1. The first-order valence-electron chi connectivity index (χ1n) is 9.41. The molecule has 0 atom stereocenters. The number of unbranched alkanes of at least 4 members (excludes halogenated alkanes) is 4. The fourth-order valence-electron chi connectivity index (χ4n) is 2.65. The summed E-state index contributed by atoms with van der Waals surface area (Å²) in [6.07, 6.45) is 15.6. The third kappa shape index (κ3) is 10.4. The summed E-state index contributed by atoms with van der Waals surface area (Å²) in [5, 5.41) is 3.07. The zero-order chi connectivity index (χ0) is 18.2. The van der Waals surface area contributed by atoms with Gasteiger partial charge >= 0.3 is 6.03 Å². The molecular weight excluding hydrogens is 310 g/mol. The molecule has 0 aliphatic carbocycles. The molecule has 0 radical (unpaired) electrons. The molecule has 0 fully saturated rings. The standard InChI is InChI=1S/C21H33N3O/c1-3-5-7-9-18-24(19-10-8-6-4-2)21(25)23-15-11-12-20-13-16-22-17-14-20/h3-4,13-14,16-17H,1-2,5-12,15,18-19H2,(H,23,25). The first-order chi connectivity index (χ1) is 12.3. The van der Waals surface area contributed by atoms with E-state index in [0.717, 1.165) is 64.5 Å². The number of allylic oxidation sites excluding steroid dienone is 2. The van der Waals surface area contributed by atoms with Crippen LogP contribution in [0, 0.1) is 0 Å². The number of nitrogens with zero attached hydrogens (tertiary/aromatic N) is 2. The highest BCUT2D eigenvalue weighted by molar-refractivity contribution is 5.74. The zero-order valence-electron chi connectivity index (χ0n) is 15.5. The van der Waals surface area contributed by atoms with Gasteiger partial charge in [-0.25, -0.2) is 4.79 Å². The Morgan fingerprint density at radius 2 is 1.60 bits per heavy atom. The van der Waals surface area contributed by atoms with Gasteiger partial charge in [0.2, 0.25) is 0 Å². The van der Waals surface area contributed by atoms with Crippen molar-refractivity contribution in [2.24, 2.45) is 0 Å². The lowest BCUT2D eigenvalue weighted by Crippen LogP contribution is -2.41. The Morgan fingerprint density at radius 3 is 2.16 bits per heavy atom. The number of amides is 2. The Kier molecular flexibility index (Phi) is 11.9. The highest BCUT2D eigenvalue weighted by Crippen LogP contribution is 2.05. The second kappa shape index (κ2) is 14.3. The first kappa shape index (κ1) is 20.9. The molecule has 1 aromatic rings. The number of rotatable bonds is 14. The number of carbonyl (C=O) groups excluding carboxylic acids is 1. The Morgan fingerprint density at radius 1 is 1.00 bits per heavy atom. The summed E-state index contributed by atoms with van der Waals surface area (Å²) in [4.78, 5) is 18.4. The molecule has 1 N–H and O–H groups in total. The predicted octanol–water partition coefficient (Wildman–Crippen LogP) is 4.74. The Hall–Kier alpha value is -2.10. The van der Waals surface area contributed by atoms with Crippen LogP contribution in [-0.2, 0) is 6.42 Å². The molecule has 0 saturated carbocycles. The second-order valence-electron chi connectivity index (χ2n) is 6.25. The Bertz CT molecular complexity index is 471. The summed E-state index contributed by atoms with van der Waals surface area (Å²) < 4.78 is 0. The van der Waals surface area contributed by atoms with Crippen molar-refractivity contribution in [2.75, 3.05) is 19.6 Å². The normalized spacial score (nSPS) is 10.2. The van der Waals surface area contributed by atoms with Crippen LogP contribution in [0.15, 0.2) is 49.8 Å². The summed E-state index contributed by atoms with van der Waals surface area (Å²) in [7, 11) is 0. The lowest BCUT2D eigenvalue weighted by molar-refractivity contribution is 0.195. The van der Waals surface area contributed by atoms with Crippen molar-refractivity contribution in [3.63, 3.8) is 0 Å². The number of nitrogens with one attached hydrogen (secondary N) is 1. The van der Waals surface area contributed by atoms with Crippen molar-refractivity contribution < 1.29 is 4.79 Å². The average molecular weight is 344 g/mol. The predicted molar refractivity (Wildman–Crippen MR) is 106 cm³/mol. The molecule has 0 aliphatic rings. The van der Waals surface area contributed by atoms with E-state index < -0.39 is 0 Å². The minimum absolute atomic E-state index is 0.0620. The van der Waals surface area contributed by atoms with E-state index in [1.165, 1.54) is 5.56 Å². The Labute approximate surface area is 153 Å². The summed E-state index contributed by atoms with van der Waals surface area (Å²) in [6.45, 7) is 9.84. The number of hydrogen-bond acceptors (Lipinski definition) is 2. The van der Waals surface area contributed by atoms with Crippen LogP contribution in [0.2, 0.25) is 0 Å². The van der Waals surface area contributed by atoms with Gasteiger partial charge in [0, 0.05) is 32.0 Å². The van der Waals surface area contributed by atoms with Crippen LogP contribution in [-0.4, -0.2) is 35.5 Å². The maximum atomic E-state index is 12.4. The van der Waals surface area contributed by atoms with Crippen molar-refractivity contribution in [1.82, 2.24) is 15.2 Å². The number of aromatic nitrogens is 1. The number of hydrogen-bond donors (Lipinski definition) is 1. The van der Waals surface area contributed by atoms with Gasteiger partial charge in [-0.2, -0.15) is 0 Å². The molecular formula is C21H33N3O. The van der Waals surface area contributed by atoms with Gasteiger partial charge in [-0.05, 0) is 69.1 Å². The molecule has 138 valence electrons. The van der Waals surface area contributed by atoms with E-state index in [4.69, 9.17) is 0 Å². The monoisotopic (exact) mass is 343 g/mol. The van der Waals surface area contributed by atoms with Crippen molar-refractivity contribution in [3.05, 3.63) is 55.4 Å². The molecule has 0 unspecified atom stereocenters. The van der Waals surface area contributed by atoms with Gasteiger partial charge in [0.05, 0.1) is 0 Å². The second-order valence-corrected chi connectivity index (χ2v) is 6.25. The van der Waals surface area contributed by atoms with Crippen LogP contribution < -0.4 is 5.32 Å². The third-order valence-corrected chi connectivity index (χ3v) is 4.13. The van der Waals surface area contributed by atoms with Crippen molar-refractivity contribution in [1.29, 1.82) is 0 Å². The number of urea groups is 1. The van der Waals surface area contributed by atoms with Gasteiger partial charge in [-0.1, -0.05) is 12.2 Å². The van der Waals surface area contributed by atoms with Gasteiger partial charge in [0.1, 0.15) is 0 Å². The highest BCUT2D eigenvalue weighted by atomic mass is 16.2. The van der Waals surface area contributed by atoms with Crippen molar-refractivity contribution in [2.45, 2.75) is 51.4 Å². The highest BCUT2D eigenvalue weighted by Gasteiger charge is 2.11. The molecule has 4 nitrogen and oxygen atoms in total. The molecule has 2 amide bonds. The molecule has 0 bridgehead atoms. The maximum Gasteiger partial charge on any atom is 0.317 e. The minimum Gasteiger partial charge on any atom is -0.338 e. The number of pyridine rings is 1. The molecule has 1 rings (SSSR count). The van der Waals surface area contributed by atoms with E-state index in [-0.39, 0.29) is 6.03 Å². The lowest BCUT2D eigenvalue weighted by Gasteiger charge is -2.23. The molecule has 0 aliphatic heterocycles. The minimum atomic E-state index is 0.0620. The van der Waals surface area contributed by atoms with Crippen LogP contribution in [0.3, 0.4) is 0 Å². The molecule has 0 aromatic carbocycles. The molecule has 1 aromatic heterocycles. The van der Waals surface area contributed by atoms with Crippen LogP contribution in [0.1, 0.15) is 50.5 Å². The zero-order valence-corrected chi connectivity index (χ0v) is 15.5. The van der Waals surface area contributed by atoms with Crippen LogP contribution in [0.5, 0.6) is 0 Å². The number of aryl methyl sites for hydroxylation is 1. The smallest absolute Gasteiger partial charge is 0.317 e. The summed E-state index contributed by atoms with van der Waals surface area (Å²) in [5.41, 5.74) is 1.26. The third-order valence-electron chi connectivity index (χ3n) is 4.13. The molecule has 25 heavy (non-hydrogen) atoms. The van der Waals surface area contributed by atoms with Gasteiger partial charge in [-0.15, -0.1) is 13.2 Å². The maximum absolute atomic E-state index is 12.4. The summed E-state index contributed by atoms with van der Waals surface area (Å²) in [6, 6.07) is 4.10.